The number of unbranched alkanes of at least 4 members (excludes halogenated alkanes) is 44. The van der Waals surface area contributed by atoms with Gasteiger partial charge >= 0.3 is 5.97 Å². The summed E-state index contributed by atoms with van der Waals surface area (Å²) in [5.74, 6) is -0.0395. The van der Waals surface area contributed by atoms with Gasteiger partial charge in [-0.2, -0.15) is 0 Å². The number of aliphatic hydroxyl groups is 2. The van der Waals surface area contributed by atoms with E-state index in [9.17, 15) is 19.8 Å². The lowest BCUT2D eigenvalue weighted by atomic mass is 10.0. The van der Waals surface area contributed by atoms with Crippen molar-refractivity contribution in [3.05, 3.63) is 12.2 Å². The molecule has 6 nitrogen and oxygen atoms in total. The highest BCUT2D eigenvalue weighted by atomic mass is 16.5. The van der Waals surface area contributed by atoms with Gasteiger partial charge in [0.2, 0.25) is 5.91 Å². The molecule has 67 heavy (non-hydrogen) atoms. The number of rotatable bonds is 57. The second-order valence-corrected chi connectivity index (χ2v) is 21.0. The lowest BCUT2D eigenvalue weighted by Gasteiger charge is -2.22. The van der Waals surface area contributed by atoms with Crippen LogP contribution in [0.3, 0.4) is 0 Å². The molecular formula is C61H119NO5. The van der Waals surface area contributed by atoms with E-state index in [1.54, 1.807) is 0 Å². The van der Waals surface area contributed by atoms with Gasteiger partial charge in [0.1, 0.15) is 0 Å². The summed E-state index contributed by atoms with van der Waals surface area (Å²) in [4.78, 5) is 24.6. The van der Waals surface area contributed by atoms with Gasteiger partial charge in [0, 0.05) is 12.8 Å². The maximum atomic E-state index is 12.5. The zero-order chi connectivity index (χ0) is 48.6. The lowest BCUT2D eigenvalue weighted by Crippen LogP contribution is -2.45. The van der Waals surface area contributed by atoms with Gasteiger partial charge in [-0.1, -0.05) is 289 Å². The molecule has 0 fully saturated rings. The number of nitrogens with one attached hydrogen (secondary N) is 1. The molecule has 398 valence electrons. The number of aliphatic hydroxyl groups excluding tert-OH is 2. The van der Waals surface area contributed by atoms with Crippen LogP contribution < -0.4 is 5.32 Å². The molecule has 0 aromatic heterocycles. The zero-order valence-corrected chi connectivity index (χ0v) is 45.4. The average molecular weight is 947 g/mol. The Hall–Kier alpha value is -1.40. The largest absolute Gasteiger partial charge is 0.466 e. The minimum atomic E-state index is -0.671. The molecule has 0 saturated carbocycles. The van der Waals surface area contributed by atoms with E-state index >= 15 is 0 Å². The Morgan fingerprint density at radius 3 is 1.06 bits per heavy atom. The Labute approximate surface area is 419 Å². The normalized spacial score (nSPS) is 12.6. The first kappa shape index (κ1) is 65.6. The monoisotopic (exact) mass is 946 g/mol. The van der Waals surface area contributed by atoms with Gasteiger partial charge in [0.25, 0.3) is 0 Å². The fourth-order valence-electron chi connectivity index (χ4n) is 9.64. The van der Waals surface area contributed by atoms with Crippen molar-refractivity contribution in [1.82, 2.24) is 5.32 Å². The Bertz CT molecular complexity index is 1000. The van der Waals surface area contributed by atoms with Crippen molar-refractivity contribution in [2.45, 2.75) is 353 Å². The van der Waals surface area contributed by atoms with Crippen LogP contribution in [-0.4, -0.2) is 47.4 Å². The van der Waals surface area contributed by atoms with Gasteiger partial charge in [-0.05, 0) is 51.4 Å². The van der Waals surface area contributed by atoms with Crippen LogP contribution in [0.15, 0.2) is 12.2 Å². The third-order valence-corrected chi connectivity index (χ3v) is 14.3. The van der Waals surface area contributed by atoms with Crippen molar-refractivity contribution in [2.75, 3.05) is 13.2 Å². The molecule has 0 aromatic carbocycles. The summed E-state index contributed by atoms with van der Waals surface area (Å²) in [6, 6.07) is -0.550. The molecule has 0 rings (SSSR count). The number of allylic oxidation sites excluding steroid dienone is 2. The van der Waals surface area contributed by atoms with Crippen molar-refractivity contribution >= 4 is 11.9 Å². The van der Waals surface area contributed by atoms with Crippen LogP contribution in [0.25, 0.3) is 0 Å². The van der Waals surface area contributed by atoms with Crippen molar-refractivity contribution in [3.63, 3.8) is 0 Å². The van der Waals surface area contributed by atoms with Gasteiger partial charge in [-0.3, -0.25) is 9.59 Å². The molecule has 0 aliphatic rings. The van der Waals surface area contributed by atoms with Crippen LogP contribution in [0, 0.1) is 0 Å². The third kappa shape index (κ3) is 53.8. The SMILES string of the molecule is CCCCCCCCCCCCCCCCCCCCCC(=O)OCCCCCCCCCCC/C=C\CCCCCCCC(=O)NC(CO)C(O)CCCCCCCCCCCCCCC. The summed E-state index contributed by atoms with van der Waals surface area (Å²) in [6.07, 6.45) is 67.9. The fourth-order valence-corrected chi connectivity index (χ4v) is 9.64. The number of carbonyl (C=O) groups excluding carboxylic acids is 2. The van der Waals surface area contributed by atoms with Crippen molar-refractivity contribution in [1.29, 1.82) is 0 Å². The number of esters is 1. The van der Waals surface area contributed by atoms with E-state index in [0.29, 0.717) is 25.9 Å². The van der Waals surface area contributed by atoms with E-state index in [1.165, 1.54) is 257 Å². The first-order chi connectivity index (χ1) is 33.0. The first-order valence-corrected chi connectivity index (χ1v) is 30.4. The van der Waals surface area contributed by atoms with Gasteiger partial charge in [0.15, 0.2) is 0 Å². The molecule has 0 aromatic rings. The highest BCUT2D eigenvalue weighted by Crippen LogP contribution is 2.18. The molecule has 2 unspecified atom stereocenters. The highest BCUT2D eigenvalue weighted by molar-refractivity contribution is 5.76. The topological polar surface area (TPSA) is 95.9 Å². The lowest BCUT2D eigenvalue weighted by molar-refractivity contribution is -0.143. The maximum absolute atomic E-state index is 12.5. The summed E-state index contributed by atoms with van der Waals surface area (Å²) >= 11 is 0. The number of ether oxygens (including phenoxy) is 1. The number of amides is 1. The minimum Gasteiger partial charge on any atom is -0.466 e. The molecule has 2 atom stereocenters. The van der Waals surface area contributed by atoms with Crippen LogP contribution in [0.4, 0.5) is 0 Å². The van der Waals surface area contributed by atoms with E-state index in [2.05, 4.69) is 31.3 Å². The van der Waals surface area contributed by atoms with Crippen LogP contribution in [0.2, 0.25) is 0 Å². The molecule has 0 aliphatic heterocycles. The van der Waals surface area contributed by atoms with E-state index in [-0.39, 0.29) is 18.5 Å². The van der Waals surface area contributed by atoms with E-state index in [1.807, 2.05) is 0 Å². The second-order valence-electron chi connectivity index (χ2n) is 21.0. The number of hydrogen-bond acceptors (Lipinski definition) is 5. The van der Waals surface area contributed by atoms with Crippen LogP contribution >= 0.6 is 0 Å². The van der Waals surface area contributed by atoms with Crippen molar-refractivity contribution < 1.29 is 24.5 Å². The summed E-state index contributed by atoms with van der Waals surface area (Å²) in [7, 11) is 0. The van der Waals surface area contributed by atoms with Crippen molar-refractivity contribution in [3.8, 4) is 0 Å². The average Bonchev–Trinajstić information content (AvgIpc) is 3.33. The van der Waals surface area contributed by atoms with Gasteiger partial charge < -0.3 is 20.3 Å². The minimum absolute atomic E-state index is 0.00835. The Morgan fingerprint density at radius 2 is 0.701 bits per heavy atom. The molecule has 6 heteroatoms. The smallest absolute Gasteiger partial charge is 0.305 e. The van der Waals surface area contributed by atoms with Gasteiger partial charge in [-0.25, -0.2) is 0 Å². The van der Waals surface area contributed by atoms with E-state index in [0.717, 1.165) is 51.4 Å². The van der Waals surface area contributed by atoms with E-state index < -0.39 is 12.1 Å². The van der Waals surface area contributed by atoms with Gasteiger partial charge in [0.05, 0.1) is 25.4 Å². The summed E-state index contributed by atoms with van der Waals surface area (Å²) < 4.78 is 5.50. The predicted molar refractivity (Wildman–Crippen MR) is 292 cm³/mol. The van der Waals surface area contributed by atoms with Crippen molar-refractivity contribution in [2.24, 2.45) is 0 Å². The molecule has 0 aliphatic carbocycles. The van der Waals surface area contributed by atoms with E-state index in [4.69, 9.17) is 4.74 Å². The molecule has 3 N–H and O–H groups in total. The summed E-state index contributed by atoms with van der Waals surface area (Å²) in [6.45, 7) is 4.96. The van der Waals surface area contributed by atoms with Crippen LogP contribution in [0.5, 0.6) is 0 Å². The number of hydrogen-bond donors (Lipinski definition) is 3. The molecule has 1 amide bonds. The molecule has 0 bridgehead atoms. The second kappa shape index (κ2) is 57.2. The Morgan fingerprint density at radius 1 is 0.403 bits per heavy atom. The highest BCUT2D eigenvalue weighted by Gasteiger charge is 2.20. The molecule has 0 saturated heterocycles. The molecule has 0 spiro atoms. The molecule has 0 radical (unpaired) electrons. The molecular weight excluding hydrogens is 827 g/mol. The van der Waals surface area contributed by atoms with Gasteiger partial charge in [-0.15, -0.1) is 0 Å². The quantitative estimate of drug-likeness (QED) is 0.0321. The Kier molecular flexibility index (Phi) is 56.0. The van der Waals surface area contributed by atoms with Crippen LogP contribution in [-0.2, 0) is 14.3 Å². The predicted octanol–water partition coefficient (Wildman–Crippen LogP) is 18.9. The standard InChI is InChI=1S/C61H119NO5/c1-3-5-7-9-11-13-15-17-18-19-20-24-27-31-35-39-43-47-51-55-61(66)67-56-52-48-44-40-36-32-28-25-22-21-23-26-30-34-38-42-46-50-54-60(65)62-58(57-63)59(64)53-49-45-41-37-33-29-16-14-12-10-8-6-4-2/h23,26,58-59,63-64H,3-22,24-25,27-57H2,1-2H3,(H,62,65)/b26-23-. The maximum Gasteiger partial charge on any atom is 0.305 e. The Balaban J connectivity index is 3.40. The number of carbonyl (C=O) groups is 2. The molecule has 0 heterocycles. The summed E-state index contributed by atoms with van der Waals surface area (Å²) in [5.41, 5.74) is 0. The third-order valence-electron chi connectivity index (χ3n) is 14.3. The van der Waals surface area contributed by atoms with Crippen LogP contribution in [0.1, 0.15) is 341 Å². The fraction of sp³-hybridized carbons (Fsp3) is 0.934. The summed E-state index contributed by atoms with van der Waals surface area (Å²) in [5, 5.41) is 23.2. The zero-order valence-electron chi connectivity index (χ0n) is 45.4. The first-order valence-electron chi connectivity index (χ1n) is 30.4.